The van der Waals surface area contributed by atoms with E-state index in [4.69, 9.17) is 28.3 Å². The lowest BCUT2D eigenvalue weighted by Gasteiger charge is -2.07. The number of amides is 1. The van der Waals surface area contributed by atoms with Gasteiger partial charge in [0.05, 0.1) is 15.6 Å². The molecular weight excluding hydrogens is 303 g/mol. The predicted molar refractivity (Wildman–Crippen MR) is 75.6 cm³/mol. The molecule has 2 aromatic rings. The highest BCUT2D eigenvalue weighted by molar-refractivity contribution is 6.44. The van der Waals surface area contributed by atoms with Gasteiger partial charge in [-0.15, -0.1) is 0 Å². The van der Waals surface area contributed by atoms with Crippen molar-refractivity contribution in [1.29, 1.82) is 0 Å². The molecule has 0 aliphatic heterocycles. The number of rotatable bonds is 3. The van der Waals surface area contributed by atoms with Gasteiger partial charge in [0, 0.05) is 11.9 Å². The molecule has 0 aliphatic rings. The first-order valence-electron chi connectivity index (χ1n) is 5.44. The minimum absolute atomic E-state index is 0.138. The zero-order valence-corrected chi connectivity index (χ0v) is 11.4. The van der Waals surface area contributed by atoms with Crippen molar-refractivity contribution in [3.63, 3.8) is 0 Å². The summed E-state index contributed by atoms with van der Waals surface area (Å²) in [5.41, 5.74) is 0.339. The molecule has 0 aliphatic carbocycles. The van der Waals surface area contributed by atoms with Crippen LogP contribution >= 0.6 is 23.2 Å². The third kappa shape index (κ3) is 3.07. The molecule has 0 atom stereocenters. The molecule has 1 amide bonds. The van der Waals surface area contributed by atoms with Gasteiger partial charge in [-0.05, 0) is 24.3 Å². The SMILES string of the molecule is O=C(O)c1cc(NC(=O)c2cccc(Cl)c2Cl)ccn1. The van der Waals surface area contributed by atoms with Crippen LogP contribution in [0.3, 0.4) is 0 Å². The molecule has 102 valence electrons. The zero-order chi connectivity index (χ0) is 14.7. The number of benzene rings is 1. The summed E-state index contributed by atoms with van der Waals surface area (Å²) in [4.78, 5) is 26.5. The number of carboxylic acid groups (broad SMARTS) is 1. The first-order chi connectivity index (χ1) is 9.49. The maximum absolute atomic E-state index is 12.0. The number of hydrogen-bond acceptors (Lipinski definition) is 3. The van der Waals surface area contributed by atoms with Gasteiger partial charge in [-0.2, -0.15) is 0 Å². The number of carbonyl (C=O) groups excluding carboxylic acids is 1. The average Bonchev–Trinajstić information content (AvgIpc) is 2.42. The number of halogens is 2. The van der Waals surface area contributed by atoms with E-state index in [0.29, 0.717) is 5.69 Å². The Labute approximate surface area is 124 Å². The Bertz CT molecular complexity index is 689. The Morgan fingerprint density at radius 3 is 2.65 bits per heavy atom. The highest BCUT2D eigenvalue weighted by Crippen LogP contribution is 2.26. The number of hydrogen-bond donors (Lipinski definition) is 2. The van der Waals surface area contributed by atoms with Crippen LogP contribution in [0.1, 0.15) is 20.8 Å². The largest absolute Gasteiger partial charge is 0.477 e. The topological polar surface area (TPSA) is 79.3 Å². The monoisotopic (exact) mass is 310 g/mol. The fourth-order valence-electron chi connectivity index (χ4n) is 1.50. The molecular formula is C13H8Cl2N2O3. The first-order valence-corrected chi connectivity index (χ1v) is 6.19. The van der Waals surface area contributed by atoms with Gasteiger partial charge in [-0.25, -0.2) is 9.78 Å². The lowest BCUT2D eigenvalue weighted by atomic mass is 10.2. The molecule has 0 unspecified atom stereocenters. The third-order valence-corrected chi connectivity index (χ3v) is 3.25. The van der Waals surface area contributed by atoms with Crippen molar-refractivity contribution in [2.75, 3.05) is 5.32 Å². The fourth-order valence-corrected chi connectivity index (χ4v) is 1.89. The van der Waals surface area contributed by atoms with E-state index < -0.39 is 11.9 Å². The Balaban J connectivity index is 2.26. The second kappa shape index (κ2) is 5.90. The number of nitrogens with zero attached hydrogens (tertiary/aromatic N) is 1. The van der Waals surface area contributed by atoms with Crippen molar-refractivity contribution in [2.24, 2.45) is 0 Å². The maximum Gasteiger partial charge on any atom is 0.354 e. The minimum atomic E-state index is -1.18. The van der Waals surface area contributed by atoms with Crippen LogP contribution in [0.2, 0.25) is 10.0 Å². The van der Waals surface area contributed by atoms with Gasteiger partial charge >= 0.3 is 5.97 Å². The van der Waals surface area contributed by atoms with E-state index in [9.17, 15) is 9.59 Å². The minimum Gasteiger partial charge on any atom is -0.477 e. The number of pyridine rings is 1. The average molecular weight is 311 g/mol. The molecule has 1 heterocycles. The molecule has 0 bridgehead atoms. The quantitative estimate of drug-likeness (QED) is 0.911. The van der Waals surface area contributed by atoms with Gasteiger partial charge in [-0.1, -0.05) is 29.3 Å². The van der Waals surface area contributed by atoms with Crippen molar-refractivity contribution < 1.29 is 14.7 Å². The number of aromatic carboxylic acids is 1. The number of aromatic nitrogens is 1. The van der Waals surface area contributed by atoms with Crippen molar-refractivity contribution in [1.82, 2.24) is 4.98 Å². The first kappa shape index (κ1) is 14.3. The van der Waals surface area contributed by atoms with E-state index in [2.05, 4.69) is 10.3 Å². The van der Waals surface area contributed by atoms with Gasteiger partial charge in [-0.3, -0.25) is 4.79 Å². The van der Waals surface area contributed by atoms with E-state index in [0.717, 1.165) is 0 Å². The van der Waals surface area contributed by atoms with Gasteiger partial charge in [0.1, 0.15) is 5.69 Å². The smallest absolute Gasteiger partial charge is 0.354 e. The molecule has 0 spiro atoms. The molecule has 1 aromatic heterocycles. The van der Waals surface area contributed by atoms with Gasteiger partial charge in [0.15, 0.2) is 0 Å². The van der Waals surface area contributed by atoms with Crippen LogP contribution in [0.15, 0.2) is 36.5 Å². The maximum atomic E-state index is 12.0. The molecule has 0 saturated carbocycles. The summed E-state index contributed by atoms with van der Waals surface area (Å²) in [6.07, 6.45) is 1.29. The lowest BCUT2D eigenvalue weighted by Crippen LogP contribution is -2.13. The molecule has 20 heavy (non-hydrogen) atoms. The van der Waals surface area contributed by atoms with Gasteiger partial charge in [0.25, 0.3) is 5.91 Å². The summed E-state index contributed by atoms with van der Waals surface area (Å²) >= 11 is 11.8. The van der Waals surface area contributed by atoms with Crippen molar-refractivity contribution in [3.8, 4) is 0 Å². The van der Waals surface area contributed by atoms with Crippen LogP contribution in [0, 0.1) is 0 Å². The van der Waals surface area contributed by atoms with E-state index in [1.807, 2.05) is 0 Å². The summed E-state index contributed by atoms with van der Waals surface area (Å²) in [7, 11) is 0. The Morgan fingerprint density at radius 1 is 1.20 bits per heavy atom. The Hall–Kier alpha value is -2.11. The predicted octanol–water partition coefficient (Wildman–Crippen LogP) is 3.34. The van der Waals surface area contributed by atoms with Crippen molar-refractivity contribution >= 4 is 40.8 Å². The van der Waals surface area contributed by atoms with Gasteiger partial charge in [0.2, 0.25) is 0 Å². The van der Waals surface area contributed by atoms with Gasteiger partial charge < -0.3 is 10.4 Å². The Morgan fingerprint density at radius 2 is 1.95 bits per heavy atom. The summed E-state index contributed by atoms with van der Waals surface area (Å²) in [6, 6.07) is 7.40. The zero-order valence-electron chi connectivity index (χ0n) is 9.93. The highest BCUT2D eigenvalue weighted by atomic mass is 35.5. The third-order valence-electron chi connectivity index (χ3n) is 2.43. The molecule has 0 fully saturated rings. The number of anilines is 1. The molecule has 0 saturated heterocycles. The van der Waals surface area contributed by atoms with E-state index in [1.54, 1.807) is 12.1 Å². The lowest BCUT2D eigenvalue weighted by molar-refractivity contribution is 0.0690. The molecule has 2 N–H and O–H groups in total. The van der Waals surface area contributed by atoms with Crippen LogP contribution in [0.25, 0.3) is 0 Å². The summed E-state index contributed by atoms with van der Waals surface area (Å²) < 4.78 is 0. The number of carbonyl (C=O) groups is 2. The summed E-state index contributed by atoms with van der Waals surface area (Å²) in [5, 5.41) is 11.8. The van der Waals surface area contributed by atoms with E-state index >= 15 is 0 Å². The highest BCUT2D eigenvalue weighted by Gasteiger charge is 2.13. The molecule has 5 nitrogen and oxygen atoms in total. The molecule has 0 radical (unpaired) electrons. The van der Waals surface area contributed by atoms with Crippen molar-refractivity contribution in [2.45, 2.75) is 0 Å². The van der Waals surface area contributed by atoms with E-state index in [-0.39, 0.29) is 21.3 Å². The summed E-state index contributed by atoms with van der Waals surface area (Å²) in [6.45, 7) is 0. The normalized spacial score (nSPS) is 10.1. The van der Waals surface area contributed by atoms with Crippen LogP contribution < -0.4 is 5.32 Å². The molecule has 2 rings (SSSR count). The Kier molecular flexibility index (Phi) is 4.22. The molecule has 1 aromatic carbocycles. The summed E-state index contributed by atoms with van der Waals surface area (Å²) in [5.74, 6) is -1.66. The number of carboxylic acids is 1. The van der Waals surface area contributed by atoms with Crippen LogP contribution in [-0.2, 0) is 0 Å². The van der Waals surface area contributed by atoms with Crippen LogP contribution in [-0.4, -0.2) is 22.0 Å². The molecule has 7 heteroatoms. The van der Waals surface area contributed by atoms with Crippen LogP contribution in [0.5, 0.6) is 0 Å². The fraction of sp³-hybridized carbons (Fsp3) is 0. The number of nitrogens with one attached hydrogen (secondary N) is 1. The van der Waals surface area contributed by atoms with Crippen molar-refractivity contribution in [3.05, 3.63) is 57.8 Å². The van der Waals surface area contributed by atoms with E-state index in [1.165, 1.54) is 24.4 Å². The second-order valence-electron chi connectivity index (χ2n) is 3.79. The second-order valence-corrected chi connectivity index (χ2v) is 4.58. The van der Waals surface area contributed by atoms with Crippen LogP contribution in [0.4, 0.5) is 5.69 Å². The standard InChI is InChI=1S/C13H8Cl2N2O3/c14-9-3-1-2-8(11(9)15)12(18)17-7-4-5-16-10(6-7)13(19)20/h1-6H,(H,19,20)(H,16,17,18).